The van der Waals surface area contributed by atoms with E-state index in [1.54, 1.807) is 6.08 Å². The zero-order valence-corrected chi connectivity index (χ0v) is 9.99. The Balaban J connectivity index is 4.04. The summed E-state index contributed by atoms with van der Waals surface area (Å²) in [6.45, 7) is 5.96. The van der Waals surface area contributed by atoms with E-state index in [1.165, 1.54) is 19.3 Å². The SMILES string of the molecule is CCCCC/C=C\C=C(\C(=O)O)C(C)C. The van der Waals surface area contributed by atoms with Crippen molar-refractivity contribution in [3.63, 3.8) is 0 Å². The number of unbranched alkanes of at least 4 members (excludes halogenated alkanes) is 3. The number of carbonyl (C=O) groups is 1. The molecule has 2 nitrogen and oxygen atoms in total. The van der Waals surface area contributed by atoms with Crippen LogP contribution in [-0.4, -0.2) is 11.1 Å². The molecule has 0 aliphatic carbocycles. The first-order valence-corrected chi connectivity index (χ1v) is 5.69. The maximum absolute atomic E-state index is 10.8. The molecule has 2 heteroatoms. The van der Waals surface area contributed by atoms with Crippen molar-refractivity contribution in [2.45, 2.75) is 46.5 Å². The van der Waals surface area contributed by atoms with E-state index in [0.29, 0.717) is 5.57 Å². The maximum atomic E-state index is 10.8. The lowest BCUT2D eigenvalue weighted by molar-refractivity contribution is -0.133. The van der Waals surface area contributed by atoms with E-state index in [4.69, 9.17) is 5.11 Å². The Hall–Kier alpha value is -1.05. The Bertz CT molecular complexity index is 237. The predicted octanol–water partition coefficient (Wildman–Crippen LogP) is 3.79. The summed E-state index contributed by atoms with van der Waals surface area (Å²) in [6.07, 6.45) is 10.3. The molecule has 0 fully saturated rings. The number of aliphatic carboxylic acids is 1. The second kappa shape index (κ2) is 8.27. The van der Waals surface area contributed by atoms with Gasteiger partial charge in [-0.1, -0.05) is 51.8 Å². The topological polar surface area (TPSA) is 37.3 Å². The lowest BCUT2D eigenvalue weighted by Gasteiger charge is -2.03. The second-order valence-corrected chi connectivity index (χ2v) is 4.01. The quantitative estimate of drug-likeness (QED) is 0.394. The van der Waals surface area contributed by atoms with Gasteiger partial charge in [-0.05, 0) is 18.8 Å². The van der Waals surface area contributed by atoms with E-state index in [1.807, 2.05) is 26.0 Å². The highest BCUT2D eigenvalue weighted by Gasteiger charge is 2.09. The van der Waals surface area contributed by atoms with Crippen LogP contribution in [0, 0.1) is 5.92 Å². The molecule has 0 aliphatic heterocycles. The molecule has 0 spiro atoms. The molecule has 0 saturated heterocycles. The molecule has 0 atom stereocenters. The normalized spacial score (nSPS) is 12.7. The summed E-state index contributed by atoms with van der Waals surface area (Å²) >= 11 is 0. The summed E-state index contributed by atoms with van der Waals surface area (Å²) in [5.41, 5.74) is 0.474. The zero-order chi connectivity index (χ0) is 11.7. The first kappa shape index (κ1) is 13.9. The number of carboxylic acids is 1. The Labute approximate surface area is 92.7 Å². The molecule has 0 rings (SSSR count). The van der Waals surface area contributed by atoms with Gasteiger partial charge in [-0.15, -0.1) is 0 Å². The fraction of sp³-hybridized carbons (Fsp3) is 0.615. The smallest absolute Gasteiger partial charge is 0.331 e. The van der Waals surface area contributed by atoms with Crippen LogP contribution in [0.5, 0.6) is 0 Å². The molecule has 86 valence electrons. The van der Waals surface area contributed by atoms with E-state index in [0.717, 1.165) is 6.42 Å². The summed E-state index contributed by atoms with van der Waals surface area (Å²) in [6, 6.07) is 0. The Morgan fingerprint density at radius 3 is 2.47 bits per heavy atom. The van der Waals surface area contributed by atoms with E-state index < -0.39 is 5.97 Å². The maximum Gasteiger partial charge on any atom is 0.331 e. The van der Waals surface area contributed by atoms with Crippen LogP contribution in [0.3, 0.4) is 0 Å². The summed E-state index contributed by atoms with van der Waals surface area (Å²) < 4.78 is 0. The molecule has 0 radical (unpaired) electrons. The van der Waals surface area contributed by atoms with Gasteiger partial charge < -0.3 is 5.11 Å². The van der Waals surface area contributed by atoms with E-state index in [2.05, 4.69) is 6.92 Å². The van der Waals surface area contributed by atoms with Crippen molar-refractivity contribution in [1.29, 1.82) is 0 Å². The van der Waals surface area contributed by atoms with E-state index in [9.17, 15) is 4.79 Å². The van der Waals surface area contributed by atoms with E-state index in [-0.39, 0.29) is 5.92 Å². The molecule has 15 heavy (non-hydrogen) atoms. The van der Waals surface area contributed by atoms with Crippen LogP contribution in [-0.2, 0) is 4.79 Å². The molecule has 1 N–H and O–H groups in total. The van der Waals surface area contributed by atoms with Crippen LogP contribution in [0.2, 0.25) is 0 Å². The summed E-state index contributed by atoms with van der Waals surface area (Å²) in [7, 11) is 0. The summed E-state index contributed by atoms with van der Waals surface area (Å²) in [5, 5.41) is 8.88. The standard InChI is InChI=1S/C13H22O2/c1-4-5-6-7-8-9-10-12(11(2)3)13(14)15/h8-11H,4-7H2,1-3H3,(H,14,15)/b9-8-,12-10+. The van der Waals surface area contributed by atoms with Crippen LogP contribution < -0.4 is 0 Å². The van der Waals surface area contributed by atoms with Crippen molar-refractivity contribution in [3.8, 4) is 0 Å². The molecule has 0 amide bonds. The van der Waals surface area contributed by atoms with Gasteiger partial charge >= 0.3 is 5.97 Å². The average Bonchev–Trinajstić information content (AvgIpc) is 2.15. The third-order valence-corrected chi connectivity index (χ3v) is 2.26. The van der Waals surface area contributed by atoms with Crippen LogP contribution in [0.15, 0.2) is 23.8 Å². The molecular formula is C13H22O2. The summed E-state index contributed by atoms with van der Waals surface area (Å²) in [4.78, 5) is 10.8. The third kappa shape index (κ3) is 6.95. The lowest BCUT2D eigenvalue weighted by atomic mass is 10.0. The lowest BCUT2D eigenvalue weighted by Crippen LogP contribution is -2.06. The number of carboxylic acid groups (broad SMARTS) is 1. The first-order chi connectivity index (χ1) is 7.09. The van der Waals surface area contributed by atoms with Crippen LogP contribution in [0.25, 0.3) is 0 Å². The monoisotopic (exact) mass is 210 g/mol. The van der Waals surface area contributed by atoms with Crippen LogP contribution in [0.4, 0.5) is 0 Å². The van der Waals surface area contributed by atoms with Gasteiger partial charge in [0.15, 0.2) is 0 Å². The van der Waals surface area contributed by atoms with Crippen molar-refractivity contribution in [1.82, 2.24) is 0 Å². The molecule has 0 aromatic rings. The Kier molecular flexibility index (Phi) is 7.69. The molecule has 0 aromatic carbocycles. The minimum atomic E-state index is -0.816. The Morgan fingerprint density at radius 2 is 2.00 bits per heavy atom. The first-order valence-electron chi connectivity index (χ1n) is 5.69. The third-order valence-electron chi connectivity index (χ3n) is 2.26. The van der Waals surface area contributed by atoms with Crippen molar-refractivity contribution >= 4 is 5.97 Å². The van der Waals surface area contributed by atoms with Gasteiger partial charge in [0.25, 0.3) is 0 Å². The second-order valence-electron chi connectivity index (χ2n) is 4.01. The zero-order valence-electron chi connectivity index (χ0n) is 9.99. The molecule has 0 heterocycles. The molecular weight excluding hydrogens is 188 g/mol. The molecule has 0 unspecified atom stereocenters. The fourth-order valence-electron chi connectivity index (χ4n) is 1.29. The minimum Gasteiger partial charge on any atom is -0.478 e. The van der Waals surface area contributed by atoms with Crippen LogP contribution >= 0.6 is 0 Å². The van der Waals surface area contributed by atoms with Gasteiger partial charge in [0.1, 0.15) is 0 Å². The molecule has 0 aromatic heterocycles. The van der Waals surface area contributed by atoms with Crippen LogP contribution in [0.1, 0.15) is 46.5 Å². The Morgan fingerprint density at radius 1 is 1.33 bits per heavy atom. The largest absolute Gasteiger partial charge is 0.478 e. The van der Waals surface area contributed by atoms with Gasteiger partial charge in [0.2, 0.25) is 0 Å². The van der Waals surface area contributed by atoms with E-state index >= 15 is 0 Å². The van der Waals surface area contributed by atoms with Crippen molar-refractivity contribution in [2.75, 3.05) is 0 Å². The van der Waals surface area contributed by atoms with Gasteiger partial charge in [-0.25, -0.2) is 4.79 Å². The molecule has 0 aliphatic rings. The van der Waals surface area contributed by atoms with Gasteiger partial charge in [-0.3, -0.25) is 0 Å². The molecule has 0 saturated carbocycles. The van der Waals surface area contributed by atoms with Gasteiger partial charge in [-0.2, -0.15) is 0 Å². The number of hydrogen-bond acceptors (Lipinski definition) is 1. The van der Waals surface area contributed by atoms with Gasteiger partial charge in [0.05, 0.1) is 0 Å². The highest BCUT2D eigenvalue weighted by atomic mass is 16.4. The number of allylic oxidation sites excluding steroid dienone is 3. The molecule has 0 bridgehead atoms. The minimum absolute atomic E-state index is 0.0720. The predicted molar refractivity (Wildman–Crippen MR) is 63.8 cm³/mol. The van der Waals surface area contributed by atoms with Crippen molar-refractivity contribution < 1.29 is 9.90 Å². The van der Waals surface area contributed by atoms with Crippen molar-refractivity contribution in [2.24, 2.45) is 5.92 Å². The highest BCUT2D eigenvalue weighted by molar-refractivity contribution is 5.87. The fourth-order valence-corrected chi connectivity index (χ4v) is 1.29. The average molecular weight is 210 g/mol. The number of rotatable bonds is 7. The van der Waals surface area contributed by atoms with Gasteiger partial charge in [0, 0.05) is 5.57 Å². The van der Waals surface area contributed by atoms with Crippen molar-refractivity contribution in [3.05, 3.63) is 23.8 Å². The summed E-state index contributed by atoms with van der Waals surface area (Å²) in [5.74, 6) is -0.744. The highest BCUT2D eigenvalue weighted by Crippen LogP contribution is 2.09. The number of hydrogen-bond donors (Lipinski definition) is 1.